The van der Waals surface area contributed by atoms with Crippen LogP contribution in [0.3, 0.4) is 0 Å². The summed E-state index contributed by atoms with van der Waals surface area (Å²) in [6, 6.07) is 0. The molecule has 0 saturated carbocycles. The van der Waals surface area contributed by atoms with Crippen molar-refractivity contribution >= 4 is 12.0 Å². The molecule has 1 aromatic heterocycles. The summed E-state index contributed by atoms with van der Waals surface area (Å²) < 4.78 is 9.68. The summed E-state index contributed by atoms with van der Waals surface area (Å²) in [4.78, 5) is 11.0. The van der Waals surface area contributed by atoms with Crippen LogP contribution in [0.25, 0.3) is 6.08 Å². The third-order valence-corrected chi connectivity index (χ3v) is 1.76. The van der Waals surface area contributed by atoms with Crippen LogP contribution >= 0.6 is 0 Å². The lowest BCUT2D eigenvalue weighted by atomic mass is 10.2. The average Bonchev–Trinajstić information content (AvgIpc) is 2.44. The van der Waals surface area contributed by atoms with Crippen LogP contribution in [0, 0.1) is 13.8 Å². The number of rotatable bonds is 3. The molecule has 0 aromatic carbocycles. The summed E-state index contributed by atoms with van der Waals surface area (Å²) in [7, 11) is 0. The highest BCUT2D eigenvalue weighted by Gasteiger charge is 2.05. The Balaban J connectivity index is 2.73. The highest BCUT2D eigenvalue weighted by molar-refractivity contribution is 5.87. The quantitative estimate of drug-likeness (QED) is 0.545. The molecule has 0 amide bonds. The van der Waals surface area contributed by atoms with Crippen LogP contribution in [0.5, 0.6) is 0 Å². The monoisotopic (exact) mass is 195 g/mol. The minimum Gasteiger partial charge on any atom is -0.463 e. The average molecular weight is 195 g/mol. The predicted octanol–water partition coefficient (Wildman–Crippen LogP) is 1.87. The summed E-state index contributed by atoms with van der Waals surface area (Å²) in [5.74, 6) is 0.343. The Labute approximate surface area is 82.5 Å². The molecule has 0 spiro atoms. The highest BCUT2D eigenvalue weighted by atomic mass is 16.5. The van der Waals surface area contributed by atoms with Crippen LogP contribution in [-0.2, 0) is 9.53 Å². The number of hydrogen-bond donors (Lipinski definition) is 0. The van der Waals surface area contributed by atoms with Crippen molar-refractivity contribution in [3.8, 4) is 0 Å². The van der Waals surface area contributed by atoms with Crippen LogP contribution in [-0.4, -0.2) is 17.7 Å². The van der Waals surface area contributed by atoms with Gasteiger partial charge in [0.15, 0.2) is 0 Å². The van der Waals surface area contributed by atoms with E-state index < -0.39 is 0 Å². The number of aryl methyl sites for hydroxylation is 2. The highest BCUT2D eigenvalue weighted by Crippen LogP contribution is 2.13. The zero-order valence-corrected chi connectivity index (χ0v) is 8.53. The van der Waals surface area contributed by atoms with E-state index in [4.69, 9.17) is 9.26 Å². The number of carbonyl (C=O) groups excluding carboxylic acids is 1. The van der Waals surface area contributed by atoms with E-state index in [0.29, 0.717) is 12.4 Å². The van der Waals surface area contributed by atoms with Crippen molar-refractivity contribution < 1.29 is 14.1 Å². The van der Waals surface area contributed by atoms with Crippen LogP contribution in [0.1, 0.15) is 23.9 Å². The smallest absolute Gasteiger partial charge is 0.330 e. The molecule has 0 N–H and O–H groups in total. The molecule has 0 saturated heterocycles. The van der Waals surface area contributed by atoms with Gasteiger partial charge in [0.25, 0.3) is 0 Å². The zero-order valence-electron chi connectivity index (χ0n) is 8.53. The SMILES string of the molecule is CCOC(=O)C=Cc1c(C)noc1C. The maximum atomic E-state index is 11.0. The number of ether oxygens (including phenoxy) is 1. The molecular weight excluding hydrogens is 182 g/mol. The van der Waals surface area contributed by atoms with Gasteiger partial charge in [-0.1, -0.05) is 5.16 Å². The molecule has 1 aromatic rings. The summed E-state index contributed by atoms with van der Waals surface area (Å²) in [5, 5.41) is 3.76. The van der Waals surface area contributed by atoms with Gasteiger partial charge in [-0.15, -0.1) is 0 Å². The first-order valence-corrected chi connectivity index (χ1v) is 4.43. The summed E-state index contributed by atoms with van der Waals surface area (Å²) >= 11 is 0. The number of carbonyl (C=O) groups is 1. The van der Waals surface area contributed by atoms with Gasteiger partial charge >= 0.3 is 5.97 Å². The lowest BCUT2D eigenvalue weighted by Gasteiger charge is -1.94. The molecule has 0 aliphatic carbocycles. The molecule has 0 unspecified atom stereocenters. The molecule has 1 rings (SSSR count). The van der Waals surface area contributed by atoms with Crippen molar-refractivity contribution in [3.05, 3.63) is 23.1 Å². The third-order valence-electron chi connectivity index (χ3n) is 1.76. The third kappa shape index (κ3) is 2.45. The largest absolute Gasteiger partial charge is 0.463 e. The molecule has 1 heterocycles. The van der Waals surface area contributed by atoms with Gasteiger partial charge in [0.1, 0.15) is 5.76 Å². The molecule has 0 fully saturated rings. The van der Waals surface area contributed by atoms with Crippen LogP contribution in [0.2, 0.25) is 0 Å². The second-order valence-corrected chi connectivity index (χ2v) is 2.82. The van der Waals surface area contributed by atoms with Gasteiger partial charge in [-0.3, -0.25) is 0 Å². The van der Waals surface area contributed by atoms with Crippen LogP contribution in [0.15, 0.2) is 10.6 Å². The van der Waals surface area contributed by atoms with Gasteiger partial charge in [-0.2, -0.15) is 0 Å². The van der Waals surface area contributed by atoms with E-state index in [9.17, 15) is 4.79 Å². The van der Waals surface area contributed by atoms with Crippen molar-refractivity contribution in [1.82, 2.24) is 5.16 Å². The molecule has 4 heteroatoms. The molecule has 0 atom stereocenters. The predicted molar refractivity (Wildman–Crippen MR) is 51.6 cm³/mol. The fourth-order valence-electron chi connectivity index (χ4n) is 1.07. The number of esters is 1. The van der Waals surface area contributed by atoms with Crippen molar-refractivity contribution in [2.24, 2.45) is 0 Å². The van der Waals surface area contributed by atoms with Crippen molar-refractivity contribution in [2.75, 3.05) is 6.61 Å². The van der Waals surface area contributed by atoms with E-state index in [0.717, 1.165) is 11.3 Å². The molecule has 0 aliphatic heterocycles. The topological polar surface area (TPSA) is 52.3 Å². The minimum absolute atomic E-state index is 0.354. The molecular formula is C10H13NO3. The normalized spacial score (nSPS) is 10.8. The Morgan fingerprint density at radius 3 is 2.79 bits per heavy atom. The van der Waals surface area contributed by atoms with Gasteiger partial charge in [-0.25, -0.2) is 4.79 Å². The Morgan fingerprint density at radius 1 is 1.57 bits per heavy atom. The first-order valence-electron chi connectivity index (χ1n) is 4.43. The van der Waals surface area contributed by atoms with E-state index in [1.807, 2.05) is 6.92 Å². The van der Waals surface area contributed by atoms with Crippen molar-refractivity contribution in [3.63, 3.8) is 0 Å². The Bertz CT molecular complexity index is 333. The molecule has 0 radical (unpaired) electrons. The van der Waals surface area contributed by atoms with Gasteiger partial charge < -0.3 is 9.26 Å². The fourth-order valence-corrected chi connectivity index (χ4v) is 1.07. The number of aromatic nitrogens is 1. The van der Waals surface area contributed by atoms with Crippen LogP contribution in [0.4, 0.5) is 0 Å². The van der Waals surface area contributed by atoms with Crippen LogP contribution < -0.4 is 0 Å². The number of nitrogens with zero attached hydrogens (tertiary/aromatic N) is 1. The van der Waals surface area contributed by atoms with Crippen molar-refractivity contribution in [2.45, 2.75) is 20.8 Å². The standard InChI is InChI=1S/C10H13NO3/c1-4-13-10(12)6-5-9-7(2)11-14-8(9)3/h5-6H,4H2,1-3H3. The summed E-state index contributed by atoms with van der Waals surface area (Å²) in [6.07, 6.45) is 3.02. The fraction of sp³-hybridized carbons (Fsp3) is 0.400. The maximum absolute atomic E-state index is 11.0. The summed E-state index contributed by atoms with van der Waals surface area (Å²) in [5.41, 5.74) is 1.60. The molecule has 76 valence electrons. The van der Waals surface area contributed by atoms with E-state index in [-0.39, 0.29) is 5.97 Å². The second-order valence-electron chi connectivity index (χ2n) is 2.82. The molecule has 0 bridgehead atoms. The van der Waals surface area contributed by atoms with Gasteiger partial charge in [0, 0.05) is 11.6 Å². The maximum Gasteiger partial charge on any atom is 0.330 e. The zero-order chi connectivity index (χ0) is 10.6. The Kier molecular flexibility index (Phi) is 3.45. The molecule has 14 heavy (non-hydrogen) atoms. The van der Waals surface area contributed by atoms with E-state index in [1.54, 1.807) is 19.9 Å². The summed E-state index contributed by atoms with van der Waals surface area (Å²) in [6.45, 7) is 5.76. The molecule has 0 aliphatic rings. The first-order chi connectivity index (χ1) is 6.65. The van der Waals surface area contributed by atoms with Crippen molar-refractivity contribution in [1.29, 1.82) is 0 Å². The lowest BCUT2D eigenvalue weighted by molar-refractivity contribution is -0.137. The van der Waals surface area contributed by atoms with Gasteiger partial charge in [-0.05, 0) is 26.8 Å². The second kappa shape index (κ2) is 4.60. The van der Waals surface area contributed by atoms with Gasteiger partial charge in [0.2, 0.25) is 0 Å². The van der Waals surface area contributed by atoms with Gasteiger partial charge in [0.05, 0.1) is 12.3 Å². The minimum atomic E-state index is -0.354. The Morgan fingerprint density at radius 2 is 2.29 bits per heavy atom. The Hall–Kier alpha value is -1.58. The van der Waals surface area contributed by atoms with E-state index in [1.165, 1.54) is 6.08 Å². The van der Waals surface area contributed by atoms with E-state index in [2.05, 4.69) is 5.16 Å². The molecule has 4 nitrogen and oxygen atoms in total. The van der Waals surface area contributed by atoms with E-state index >= 15 is 0 Å². The number of hydrogen-bond acceptors (Lipinski definition) is 4. The lowest BCUT2D eigenvalue weighted by Crippen LogP contribution is -1.98. The first kappa shape index (κ1) is 10.5.